The molecule has 1 fully saturated rings. The van der Waals surface area contributed by atoms with Crippen LogP contribution in [0.15, 0.2) is 18.2 Å². The second-order valence-electron chi connectivity index (χ2n) is 4.91. The molecule has 1 aromatic carbocycles. The number of rotatable bonds is 5. The molecule has 1 aromatic rings. The molecule has 0 bridgehead atoms. The Kier molecular flexibility index (Phi) is 6.23. The van der Waals surface area contributed by atoms with Gasteiger partial charge in [-0.3, -0.25) is 9.69 Å². The summed E-state index contributed by atoms with van der Waals surface area (Å²) in [5, 5.41) is 2.84. The summed E-state index contributed by atoms with van der Waals surface area (Å²) >= 11 is 11.2. The zero-order valence-corrected chi connectivity index (χ0v) is 13.0. The van der Waals surface area contributed by atoms with Gasteiger partial charge in [0.05, 0.1) is 17.7 Å². The van der Waals surface area contributed by atoms with Crippen LogP contribution in [0.25, 0.3) is 0 Å². The summed E-state index contributed by atoms with van der Waals surface area (Å²) in [5.74, 6) is -0.670. The summed E-state index contributed by atoms with van der Waals surface area (Å²) in [6.07, 6.45) is -0.0677. The summed E-state index contributed by atoms with van der Waals surface area (Å²) in [7, 11) is 0. The van der Waals surface area contributed by atoms with Gasteiger partial charge in [0.2, 0.25) is 5.91 Å². The number of alkyl halides is 1. The number of hydrogen-bond acceptors (Lipinski definition) is 3. The Hall–Kier alpha value is -0.880. The van der Waals surface area contributed by atoms with Gasteiger partial charge in [0.25, 0.3) is 0 Å². The van der Waals surface area contributed by atoms with E-state index in [0.717, 1.165) is 12.1 Å². The average Bonchev–Trinajstić information content (AvgIpc) is 2.49. The number of carbonyl (C=O) groups excluding carboxylic acids is 1. The first-order valence-corrected chi connectivity index (χ1v) is 7.60. The van der Waals surface area contributed by atoms with Crippen LogP contribution in [0.2, 0.25) is 5.02 Å². The highest BCUT2D eigenvalue weighted by atomic mass is 35.5. The second kappa shape index (κ2) is 7.94. The molecule has 0 saturated carbocycles. The Balaban J connectivity index is 1.85. The van der Waals surface area contributed by atoms with E-state index in [0.29, 0.717) is 26.2 Å². The molecular weight excluding hydrogens is 318 g/mol. The van der Waals surface area contributed by atoms with E-state index < -0.39 is 5.82 Å². The molecule has 0 radical (unpaired) electrons. The van der Waals surface area contributed by atoms with Crippen LogP contribution in [0.5, 0.6) is 0 Å². The third kappa shape index (κ3) is 5.11. The first-order valence-electron chi connectivity index (χ1n) is 6.69. The fourth-order valence-electron chi connectivity index (χ4n) is 2.22. The van der Waals surface area contributed by atoms with Crippen LogP contribution in [0.4, 0.5) is 4.39 Å². The zero-order valence-electron chi connectivity index (χ0n) is 11.4. The molecule has 4 nitrogen and oxygen atoms in total. The second-order valence-corrected chi connectivity index (χ2v) is 5.59. The summed E-state index contributed by atoms with van der Waals surface area (Å²) < 4.78 is 18.7. The van der Waals surface area contributed by atoms with E-state index >= 15 is 0 Å². The van der Waals surface area contributed by atoms with Crippen LogP contribution < -0.4 is 5.32 Å². The van der Waals surface area contributed by atoms with Crippen molar-refractivity contribution in [1.29, 1.82) is 0 Å². The topological polar surface area (TPSA) is 41.6 Å². The maximum atomic E-state index is 13.1. The molecule has 0 spiro atoms. The van der Waals surface area contributed by atoms with Gasteiger partial charge in [-0.1, -0.05) is 17.7 Å². The van der Waals surface area contributed by atoms with Crippen LogP contribution in [0.1, 0.15) is 5.56 Å². The Bertz CT molecular complexity index is 502. The summed E-state index contributed by atoms with van der Waals surface area (Å²) in [6, 6.07) is 4.73. The molecule has 2 rings (SSSR count). The number of morpholine rings is 1. The van der Waals surface area contributed by atoms with E-state index in [4.69, 9.17) is 27.9 Å². The minimum atomic E-state index is -0.413. The summed E-state index contributed by atoms with van der Waals surface area (Å²) in [6.45, 7) is 3.18. The lowest BCUT2D eigenvalue weighted by molar-refractivity contribution is -0.119. The van der Waals surface area contributed by atoms with E-state index in [-0.39, 0.29) is 22.9 Å². The van der Waals surface area contributed by atoms with Crippen molar-refractivity contribution < 1.29 is 13.9 Å². The monoisotopic (exact) mass is 334 g/mol. The smallest absolute Gasteiger partial charge is 0.235 e. The van der Waals surface area contributed by atoms with Crippen LogP contribution in [-0.2, 0) is 16.1 Å². The minimum Gasteiger partial charge on any atom is -0.374 e. The van der Waals surface area contributed by atoms with Crippen molar-refractivity contribution in [3.05, 3.63) is 34.6 Å². The Morgan fingerprint density at radius 1 is 1.52 bits per heavy atom. The zero-order chi connectivity index (χ0) is 15.2. The first kappa shape index (κ1) is 16.5. The van der Waals surface area contributed by atoms with Gasteiger partial charge in [-0.15, -0.1) is 11.6 Å². The van der Waals surface area contributed by atoms with Gasteiger partial charge in [-0.25, -0.2) is 4.39 Å². The molecular formula is C14H17Cl2FN2O2. The normalized spacial score (nSPS) is 19.5. The number of benzene rings is 1. The predicted octanol–water partition coefficient (Wildman–Crippen LogP) is 2.03. The van der Waals surface area contributed by atoms with Crippen LogP contribution >= 0.6 is 23.2 Å². The molecule has 7 heteroatoms. The molecule has 0 aromatic heterocycles. The molecule has 1 atom stereocenters. The number of nitrogens with one attached hydrogen (secondary N) is 1. The van der Waals surface area contributed by atoms with Crippen molar-refractivity contribution in [3.8, 4) is 0 Å². The summed E-state index contributed by atoms with van der Waals surface area (Å²) in [5.41, 5.74) is 0.951. The number of amides is 1. The highest BCUT2D eigenvalue weighted by Gasteiger charge is 2.21. The lowest BCUT2D eigenvalue weighted by Gasteiger charge is -2.33. The largest absolute Gasteiger partial charge is 0.374 e. The SMILES string of the molecule is O=C(CCl)NCC1CN(Cc2ccc(F)c(Cl)c2)CCO1. The standard InChI is InChI=1S/C14H17Cl2FN2O2/c15-6-14(20)18-7-11-9-19(3-4-21-11)8-10-1-2-13(17)12(16)5-10/h1-2,5,11H,3-4,6-9H2,(H,18,20). The molecule has 1 saturated heterocycles. The van der Waals surface area contributed by atoms with Gasteiger partial charge in [0.15, 0.2) is 0 Å². The van der Waals surface area contributed by atoms with Crippen molar-refractivity contribution in [2.24, 2.45) is 0 Å². The fourth-order valence-corrected chi connectivity index (χ4v) is 2.52. The Morgan fingerprint density at radius 2 is 2.33 bits per heavy atom. The molecule has 1 N–H and O–H groups in total. The lowest BCUT2D eigenvalue weighted by Crippen LogP contribution is -2.47. The van der Waals surface area contributed by atoms with Gasteiger partial charge in [-0.05, 0) is 17.7 Å². The van der Waals surface area contributed by atoms with E-state index in [1.807, 2.05) is 0 Å². The van der Waals surface area contributed by atoms with Gasteiger partial charge in [-0.2, -0.15) is 0 Å². The molecule has 21 heavy (non-hydrogen) atoms. The van der Waals surface area contributed by atoms with Gasteiger partial charge < -0.3 is 10.1 Å². The van der Waals surface area contributed by atoms with Gasteiger partial charge in [0, 0.05) is 26.2 Å². The molecule has 1 amide bonds. The van der Waals surface area contributed by atoms with E-state index in [1.54, 1.807) is 12.1 Å². The third-order valence-corrected chi connectivity index (χ3v) is 3.79. The molecule has 1 unspecified atom stereocenters. The Morgan fingerprint density at radius 3 is 3.05 bits per heavy atom. The van der Waals surface area contributed by atoms with Crippen molar-refractivity contribution in [1.82, 2.24) is 10.2 Å². The molecule has 1 heterocycles. The number of ether oxygens (including phenoxy) is 1. The first-order chi connectivity index (χ1) is 10.1. The number of halogens is 3. The van der Waals surface area contributed by atoms with E-state index in [1.165, 1.54) is 6.07 Å². The van der Waals surface area contributed by atoms with Gasteiger partial charge in [0.1, 0.15) is 11.7 Å². The maximum absolute atomic E-state index is 13.1. The average molecular weight is 335 g/mol. The van der Waals surface area contributed by atoms with Crippen molar-refractivity contribution in [2.75, 3.05) is 32.1 Å². The Labute approximate surface area is 133 Å². The highest BCUT2D eigenvalue weighted by molar-refractivity contribution is 6.30. The summed E-state index contributed by atoms with van der Waals surface area (Å²) in [4.78, 5) is 13.3. The highest BCUT2D eigenvalue weighted by Crippen LogP contribution is 2.18. The van der Waals surface area contributed by atoms with Crippen molar-refractivity contribution in [2.45, 2.75) is 12.6 Å². The van der Waals surface area contributed by atoms with E-state index in [2.05, 4.69) is 10.2 Å². The quantitative estimate of drug-likeness (QED) is 0.838. The fraction of sp³-hybridized carbons (Fsp3) is 0.500. The van der Waals surface area contributed by atoms with Crippen LogP contribution in [-0.4, -0.2) is 49.0 Å². The van der Waals surface area contributed by atoms with Crippen LogP contribution in [0.3, 0.4) is 0 Å². The molecule has 116 valence electrons. The number of nitrogens with zero attached hydrogens (tertiary/aromatic N) is 1. The molecule has 1 aliphatic rings. The molecule has 0 aliphatic carbocycles. The third-order valence-electron chi connectivity index (χ3n) is 3.26. The lowest BCUT2D eigenvalue weighted by atomic mass is 10.2. The van der Waals surface area contributed by atoms with E-state index in [9.17, 15) is 9.18 Å². The van der Waals surface area contributed by atoms with Crippen molar-refractivity contribution in [3.63, 3.8) is 0 Å². The van der Waals surface area contributed by atoms with Gasteiger partial charge >= 0.3 is 0 Å². The minimum absolute atomic E-state index is 0.0511. The molecule has 1 aliphatic heterocycles. The van der Waals surface area contributed by atoms with Crippen LogP contribution in [0, 0.1) is 5.82 Å². The number of hydrogen-bond donors (Lipinski definition) is 1. The number of carbonyl (C=O) groups is 1. The maximum Gasteiger partial charge on any atom is 0.235 e. The predicted molar refractivity (Wildman–Crippen MR) is 80.2 cm³/mol. The van der Waals surface area contributed by atoms with Crippen molar-refractivity contribution >= 4 is 29.1 Å².